The fraction of sp³-hybridized carbons (Fsp3) is 0.250. The van der Waals surface area contributed by atoms with Crippen LogP contribution in [0.3, 0.4) is 0 Å². The van der Waals surface area contributed by atoms with Crippen molar-refractivity contribution in [3.05, 3.63) is 76.7 Å². The number of carbonyl (C=O) groups excluding carboxylic acids is 2. The predicted octanol–water partition coefficient (Wildman–Crippen LogP) is 4.21. The molecule has 2 aromatic heterocycles. The third-order valence-electron chi connectivity index (χ3n) is 4.79. The number of rotatable bonds is 9. The standard InChI is InChI=1S/C24H25ClN4O4S/c1-4-22(30)33-14-19-13-18(9-11-26-19)28-23(31)20-6-5-10-27-24(20)34(32)15-16-12-17(25)7-8-21(16)29(2)3/h5-13H,4,14-15H2,1-3H3,(H,26,28,31). The smallest absolute Gasteiger partial charge is 0.305 e. The lowest BCUT2D eigenvalue weighted by Gasteiger charge is -2.18. The first-order chi connectivity index (χ1) is 16.3. The molecule has 8 nitrogen and oxygen atoms in total. The van der Waals surface area contributed by atoms with Crippen LogP contribution in [0, 0.1) is 0 Å². The Labute approximate surface area is 205 Å². The highest BCUT2D eigenvalue weighted by Gasteiger charge is 2.20. The normalized spacial score (nSPS) is 11.5. The Morgan fingerprint density at radius 3 is 2.65 bits per heavy atom. The van der Waals surface area contributed by atoms with Crippen LogP contribution >= 0.6 is 11.6 Å². The summed E-state index contributed by atoms with van der Waals surface area (Å²) in [5, 5.41) is 3.49. The van der Waals surface area contributed by atoms with E-state index >= 15 is 0 Å². The van der Waals surface area contributed by atoms with Crippen LogP contribution in [0.25, 0.3) is 0 Å². The Kier molecular flexibility index (Phi) is 8.72. The molecule has 0 aliphatic heterocycles. The lowest BCUT2D eigenvalue weighted by molar-refractivity contribution is -0.144. The second-order valence-corrected chi connectivity index (χ2v) is 9.32. The van der Waals surface area contributed by atoms with Crippen molar-refractivity contribution in [2.75, 3.05) is 24.3 Å². The molecule has 0 aliphatic rings. The molecular weight excluding hydrogens is 476 g/mol. The van der Waals surface area contributed by atoms with Crippen molar-refractivity contribution in [3.63, 3.8) is 0 Å². The van der Waals surface area contributed by atoms with E-state index in [0.717, 1.165) is 11.3 Å². The Balaban J connectivity index is 1.79. The third-order valence-corrected chi connectivity index (χ3v) is 6.35. The molecule has 1 amide bonds. The summed E-state index contributed by atoms with van der Waals surface area (Å²) >= 11 is 6.15. The number of aromatic nitrogens is 2. The zero-order chi connectivity index (χ0) is 24.7. The minimum absolute atomic E-state index is 0.00634. The first kappa shape index (κ1) is 25.3. The summed E-state index contributed by atoms with van der Waals surface area (Å²) in [5.74, 6) is -0.651. The van der Waals surface area contributed by atoms with Crippen molar-refractivity contribution >= 4 is 45.7 Å². The summed E-state index contributed by atoms with van der Waals surface area (Å²) in [6.07, 6.45) is 3.28. The summed E-state index contributed by atoms with van der Waals surface area (Å²) in [5.41, 5.74) is 2.82. The van der Waals surface area contributed by atoms with Crippen LogP contribution in [0.5, 0.6) is 0 Å². The second kappa shape index (κ2) is 11.7. The number of nitrogens with zero attached hydrogens (tertiary/aromatic N) is 3. The SMILES string of the molecule is CCC(=O)OCc1cc(NC(=O)c2cccnc2S(=O)Cc2cc(Cl)ccc2N(C)C)ccn1. The van der Waals surface area contributed by atoms with Gasteiger partial charge in [0.2, 0.25) is 0 Å². The lowest BCUT2D eigenvalue weighted by Crippen LogP contribution is -2.17. The van der Waals surface area contributed by atoms with Crippen molar-refractivity contribution in [3.8, 4) is 0 Å². The molecular formula is C24H25ClN4O4S. The van der Waals surface area contributed by atoms with E-state index in [4.69, 9.17) is 16.3 Å². The highest BCUT2D eigenvalue weighted by atomic mass is 35.5. The van der Waals surface area contributed by atoms with Crippen molar-refractivity contribution in [2.24, 2.45) is 0 Å². The quantitative estimate of drug-likeness (QED) is 0.439. The monoisotopic (exact) mass is 500 g/mol. The van der Waals surface area contributed by atoms with Crippen LogP contribution in [0.4, 0.5) is 11.4 Å². The molecule has 0 aliphatic carbocycles. The summed E-state index contributed by atoms with van der Waals surface area (Å²) in [6, 6.07) is 11.8. The fourth-order valence-electron chi connectivity index (χ4n) is 3.15. The number of benzene rings is 1. The van der Waals surface area contributed by atoms with Crippen molar-refractivity contribution in [1.82, 2.24) is 9.97 Å². The number of hydrogen-bond acceptors (Lipinski definition) is 7. The molecule has 10 heteroatoms. The number of anilines is 2. The fourth-order valence-corrected chi connectivity index (χ4v) is 4.58. The topological polar surface area (TPSA) is 101 Å². The second-order valence-electron chi connectivity index (χ2n) is 7.52. The molecule has 2 heterocycles. The van der Waals surface area contributed by atoms with E-state index in [9.17, 15) is 13.8 Å². The number of ether oxygens (including phenoxy) is 1. The van der Waals surface area contributed by atoms with E-state index < -0.39 is 16.7 Å². The molecule has 0 bridgehead atoms. The number of nitrogens with one attached hydrogen (secondary N) is 1. The van der Waals surface area contributed by atoms with Gasteiger partial charge >= 0.3 is 5.97 Å². The van der Waals surface area contributed by atoms with Crippen LogP contribution in [-0.2, 0) is 32.7 Å². The maximum Gasteiger partial charge on any atom is 0.305 e. The van der Waals surface area contributed by atoms with E-state index in [1.807, 2.05) is 25.1 Å². The molecule has 0 spiro atoms. The molecule has 34 heavy (non-hydrogen) atoms. The summed E-state index contributed by atoms with van der Waals surface area (Å²) in [6.45, 7) is 1.71. The first-order valence-corrected chi connectivity index (χ1v) is 12.2. The molecule has 0 fully saturated rings. The van der Waals surface area contributed by atoms with Crippen LogP contribution in [0.1, 0.15) is 35.0 Å². The van der Waals surface area contributed by atoms with Gasteiger partial charge in [0.05, 0.1) is 27.8 Å². The molecule has 1 atom stereocenters. The molecule has 1 aromatic carbocycles. The van der Waals surface area contributed by atoms with Gasteiger partial charge in [0.15, 0.2) is 0 Å². The number of amides is 1. The number of esters is 1. The minimum atomic E-state index is -1.60. The van der Waals surface area contributed by atoms with Gasteiger partial charge in [-0.1, -0.05) is 18.5 Å². The van der Waals surface area contributed by atoms with Gasteiger partial charge in [-0.25, -0.2) is 4.98 Å². The molecule has 3 aromatic rings. The predicted molar refractivity (Wildman–Crippen MR) is 132 cm³/mol. The van der Waals surface area contributed by atoms with Crippen molar-refractivity contribution in [1.29, 1.82) is 0 Å². The highest BCUT2D eigenvalue weighted by molar-refractivity contribution is 7.84. The summed E-state index contributed by atoms with van der Waals surface area (Å²) in [4.78, 5) is 34.7. The van der Waals surface area contributed by atoms with E-state index in [0.29, 0.717) is 16.4 Å². The molecule has 0 saturated heterocycles. The molecule has 178 valence electrons. The van der Waals surface area contributed by atoms with Gasteiger partial charge in [0, 0.05) is 49.3 Å². The first-order valence-electron chi connectivity index (χ1n) is 10.5. The van der Waals surface area contributed by atoms with Gasteiger partial charge in [-0.05, 0) is 48.0 Å². The lowest BCUT2D eigenvalue weighted by atomic mass is 10.2. The largest absolute Gasteiger partial charge is 0.459 e. The molecule has 1 unspecified atom stereocenters. The van der Waals surface area contributed by atoms with Gasteiger partial charge in [-0.15, -0.1) is 0 Å². The molecule has 3 rings (SSSR count). The van der Waals surface area contributed by atoms with E-state index in [2.05, 4.69) is 15.3 Å². The Morgan fingerprint density at radius 1 is 1.12 bits per heavy atom. The summed E-state index contributed by atoms with van der Waals surface area (Å²) in [7, 11) is 2.18. The molecule has 0 saturated carbocycles. The van der Waals surface area contributed by atoms with E-state index in [1.54, 1.807) is 43.3 Å². The van der Waals surface area contributed by atoms with Crippen LogP contribution in [-0.4, -0.2) is 40.1 Å². The maximum atomic E-state index is 13.3. The van der Waals surface area contributed by atoms with Gasteiger partial charge < -0.3 is 15.0 Å². The number of pyridine rings is 2. The number of hydrogen-bond donors (Lipinski definition) is 1. The number of halogens is 1. The zero-order valence-electron chi connectivity index (χ0n) is 19.1. The minimum Gasteiger partial charge on any atom is -0.459 e. The molecule has 1 N–H and O–H groups in total. The molecule has 0 radical (unpaired) electrons. The zero-order valence-corrected chi connectivity index (χ0v) is 20.7. The van der Waals surface area contributed by atoms with Gasteiger partial charge in [0.1, 0.15) is 11.6 Å². The average Bonchev–Trinajstić information content (AvgIpc) is 2.82. The van der Waals surface area contributed by atoms with Crippen molar-refractivity contribution < 1.29 is 18.5 Å². The van der Waals surface area contributed by atoms with Crippen LogP contribution in [0.2, 0.25) is 5.02 Å². The number of carbonyl (C=O) groups is 2. The Bertz CT molecular complexity index is 1220. The average molecular weight is 501 g/mol. The summed E-state index contributed by atoms with van der Waals surface area (Å²) < 4.78 is 18.3. The Hall–Kier alpha value is -3.30. The van der Waals surface area contributed by atoms with Gasteiger partial charge in [0.25, 0.3) is 5.91 Å². The van der Waals surface area contributed by atoms with Gasteiger partial charge in [-0.3, -0.25) is 18.8 Å². The van der Waals surface area contributed by atoms with Gasteiger partial charge in [-0.2, -0.15) is 0 Å². The third kappa shape index (κ3) is 6.61. The highest BCUT2D eigenvalue weighted by Crippen LogP contribution is 2.26. The van der Waals surface area contributed by atoms with E-state index in [1.165, 1.54) is 12.4 Å². The Morgan fingerprint density at radius 2 is 1.91 bits per heavy atom. The van der Waals surface area contributed by atoms with E-state index in [-0.39, 0.29) is 35.3 Å². The van der Waals surface area contributed by atoms with Crippen LogP contribution in [0.15, 0.2) is 59.9 Å². The maximum absolute atomic E-state index is 13.3. The van der Waals surface area contributed by atoms with Crippen molar-refractivity contribution in [2.45, 2.75) is 30.7 Å². The van der Waals surface area contributed by atoms with Crippen LogP contribution < -0.4 is 10.2 Å².